The van der Waals surface area contributed by atoms with Crippen LogP contribution in [0.25, 0.3) is 0 Å². The molecule has 0 spiro atoms. The highest BCUT2D eigenvalue weighted by molar-refractivity contribution is 9.10. The number of hydrogen-bond donors (Lipinski definition) is 1. The number of phenolic OH excluding ortho intramolecular Hbond substituents is 1. The topological polar surface area (TPSA) is 20.2 Å². The third-order valence-corrected chi connectivity index (χ3v) is 2.06. The molecule has 2 heteroatoms. The second-order valence-corrected chi connectivity index (χ2v) is 3.28. The highest BCUT2D eigenvalue weighted by Crippen LogP contribution is 2.24. The summed E-state index contributed by atoms with van der Waals surface area (Å²) < 4.78 is 0.924. The molecule has 0 bridgehead atoms. The Kier molecular flexibility index (Phi) is 2.00. The SMILES string of the molecule is Cc1cc(Br)cc(O)c1C. The molecule has 0 saturated heterocycles. The van der Waals surface area contributed by atoms with Gasteiger partial charge in [0.05, 0.1) is 0 Å². The van der Waals surface area contributed by atoms with Crippen molar-refractivity contribution in [3.8, 4) is 5.75 Å². The second kappa shape index (κ2) is 2.62. The lowest BCUT2D eigenvalue weighted by molar-refractivity contribution is 0.470. The zero-order valence-electron chi connectivity index (χ0n) is 5.98. The minimum Gasteiger partial charge on any atom is -0.508 e. The number of rotatable bonds is 0. The van der Waals surface area contributed by atoms with Crippen molar-refractivity contribution < 1.29 is 5.11 Å². The van der Waals surface area contributed by atoms with Gasteiger partial charge in [0.2, 0.25) is 0 Å². The maximum Gasteiger partial charge on any atom is 0.119 e. The van der Waals surface area contributed by atoms with E-state index in [1.807, 2.05) is 19.9 Å². The highest BCUT2D eigenvalue weighted by Gasteiger charge is 1.99. The Bertz CT molecular complexity index is 232. The van der Waals surface area contributed by atoms with Crippen molar-refractivity contribution in [3.63, 3.8) is 0 Å². The van der Waals surface area contributed by atoms with E-state index in [1.165, 1.54) is 0 Å². The number of phenols is 1. The van der Waals surface area contributed by atoms with E-state index in [4.69, 9.17) is 0 Å². The normalized spacial score (nSPS) is 9.90. The van der Waals surface area contributed by atoms with E-state index >= 15 is 0 Å². The molecule has 0 aliphatic carbocycles. The van der Waals surface area contributed by atoms with Crippen molar-refractivity contribution >= 4 is 15.9 Å². The van der Waals surface area contributed by atoms with Crippen LogP contribution in [0.3, 0.4) is 0 Å². The number of hydrogen-bond acceptors (Lipinski definition) is 1. The Morgan fingerprint density at radius 3 is 2.40 bits per heavy atom. The minimum atomic E-state index is 0.354. The summed E-state index contributed by atoms with van der Waals surface area (Å²) in [6.07, 6.45) is 0. The van der Waals surface area contributed by atoms with E-state index in [9.17, 15) is 5.11 Å². The zero-order valence-corrected chi connectivity index (χ0v) is 7.57. The summed E-state index contributed by atoms with van der Waals surface area (Å²) in [5, 5.41) is 9.25. The molecule has 1 N–H and O–H groups in total. The molecule has 54 valence electrons. The Morgan fingerprint density at radius 1 is 1.30 bits per heavy atom. The van der Waals surface area contributed by atoms with Crippen molar-refractivity contribution in [2.24, 2.45) is 0 Å². The first-order valence-electron chi connectivity index (χ1n) is 3.07. The van der Waals surface area contributed by atoms with Crippen LogP contribution < -0.4 is 0 Å². The number of aromatic hydroxyl groups is 1. The lowest BCUT2D eigenvalue weighted by atomic mass is 10.1. The summed E-state index contributed by atoms with van der Waals surface area (Å²) in [6.45, 7) is 3.87. The van der Waals surface area contributed by atoms with Crippen LogP contribution in [0.4, 0.5) is 0 Å². The van der Waals surface area contributed by atoms with Gasteiger partial charge in [0.1, 0.15) is 5.75 Å². The first-order valence-corrected chi connectivity index (χ1v) is 3.86. The number of halogens is 1. The molecule has 1 nitrogen and oxygen atoms in total. The van der Waals surface area contributed by atoms with Crippen LogP contribution in [0.5, 0.6) is 5.75 Å². The van der Waals surface area contributed by atoms with Crippen molar-refractivity contribution in [2.75, 3.05) is 0 Å². The van der Waals surface area contributed by atoms with Crippen LogP contribution >= 0.6 is 15.9 Å². The lowest BCUT2D eigenvalue weighted by Crippen LogP contribution is -1.80. The van der Waals surface area contributed by atoms with Gasteiger partial charge in [0, 0.05) is 4.47 Å². The Morgan fingerprint density at radius 2 is 1.90 bits per heavy atom. The molecule has 10 heavy (non-hydrogen) atoms. The minimum absolute atomic E-state index is 0.354. The van der Waals surface area contributed by atoms with Gasteiger partial charge in [-0.05, 0) is 37.1 Å². The standard InChI is InChI=1S/C8H9BrO/c1-5-3-7(9)4-8(10)6(5)2/h3-4,10H,1-2H3. The maximum atomic E-state index is 9.25. The Balaban J connectivity index is 3.31. The maximum absolute atomic E-state index is 9.25. The predicted molar refractivity (Wildman–Crippen MR) is 45.3 cm³/mol. The van der Waals surface area contributed by atoms with Crippen molar-refractivity contribution in [2.45, 2.75) is 13.8 Å². The second-order valence-electron chi connectivity index (χ2n) is 2.37. The van der Waals surface area contributed by atoms with E-state index in [0.29, 0.717) is 5.75 Å². The molecule has 0 amide bonds. The fourth-order valence-electron chi connectivity index (χ4n) is 0.798. The van der Waals surface area contributed by atoms with Gasteiger partial charge in [0.15, 0.2) is 0 Å². The summed E-state index contributed by atoms with van der Waals surface area (Å²) in [5.74, 6) is 0.354. The smallest absolute Gasteiger partial charge is 0.119 e. The van der Waals surface area contributed by atoms with Crippen molar-refractivity contribution in [1.29, 1.82) is 0 Å². The number of aryl methyl sites for hydroxylation is 1. The van der Waals surface area contributed by atoms with Crippen LogP contribution in [0, 0.1) is 13.8 Å². The van der Waals surface area contributed by atoms with Gasteiger partial charge in [-0.15, -0.1) is 0 Å². The van der Waals surface area contributed by atoms with Gasteiger partial charge in [-0.1, -0.05) is 15.9 Å². The molecule has 0 atom stereocenters. The summed E-state index contributed by atoms with van der Waals surface area (Å²) in [4.78, 5) is 0. The summed E-state index contributed by atoms with van der Waals surface area (Å²) >= 11 is 3.29. The lowest BCUT2D eigenvalue weighted by Gasteiger charge is -2.02. The molecule has 0 saturated carbocycles. The van der Waals surface area contributed by atoms with Crippen LogP contribution in [-0.4, -0.2) is 5.11 Å². The van der Waals surface area contributed by atoms with Gasteiger partial charge in [0.25, 0.3) is 0 Å². The molecule has 0 aromatic heterocycles. The van der Waals surface area contributed by atoms with Crippen LogP contribution in [0.1, 0.15) is 11.1 Å². The van der Waals surface area contributed by atoms with E-state index in [1.54, 1.807) is 6.07 Å². The monoisotopic (exact) mass is 200 g/mol. The summed E-state index contributed by atoms with van der Waals surface area (Å²) in [7, 11) is 0. The van der Waals surface area contributed by atoms with E-state index < -0.39 is 0 Å². The molecule has 0 heterocycles. The molecule has 1 aromatic carbocycles. The van der Waals surface area contributed by atoms with Gasteiger partial charge in [-0.2, -0.15) is 0 Å². The first-order chi connectivity index (χ1) is 4.61. The molecule has 0 fully saturated rings. The molecule has 0 aliphatic heterocycles. The third kappa shape index (κ3) is 1.32. The largest absolute Gasteiger partial charge is 0.508 e. The molecular weight excluding hydrogens is 192 g/mol. The molecule has 1 rings (SSSR count). The fraction of sp³-hybridized carbons (Fsp3) is 0.250. The van der Waals surface area contributed by atoms with E-state index in [-0.39, 0.29) is 0 Å². The average Bonchev–Trinajstić information content (AvgIpc) is 1.82. The number of benzene rings is 1. The Hall–Kier alpha value is -0.500. The van der Waals surface area contributed by atoms with E-state index in [2.05, 4.69) is 15.9 Å². The Labute approximate surface area is 68.8 Å². The predicted octanol–water partition coefficient (Wildman–Crippen LogP) is 2.77. The van der Waals surface area contributed by atoms with E-state index in [0.717, 1.165) is 15.6 Å². The average molecular weight is 201 g/mol. The van der Waals surface area contributed by atoms with Gasteiger partial charge in [-0.3, -0.25) is 0 Å². The molecule has 0 unspecified atom stereocenters. The van der Waals surface area contributed by atoms with Gasteiger partial charge < -0.3 is 5.11 Å². The fourth-order valence-corrected chi connectivity index (χ4v) is 1.36. The molecule has 0 radical (unpaired) electrons. The van der Waals surface area contributed by atoms with Crippen LogP contribution in [0.2, 0.25) is 0 Å². The third-order valence-electron chi connectivity index (χ3n) is 1.60. The zero-order chi connectivity index (χ0) is 7.72. The van der Waals surface area contributed by atoms with Crippen LogP contribution in [-0.2, 0) is 0 Å². The van der Waals surface area contributed by atoms with Gasteiger partial charge in [-0.25, -0.2) is 0 Å². The molecule has 1 aromatic rings. The van der Waals surface area contributed by atoms with Crippen LogP contribution in [0.15, 0.2) is 16.6 Å². The quantitative estimate of drug-likeness (QED) is 0.684. The van der Waals surface area contributed by atoms with Gasteiger partial charge >= 0.3 is 0 Å². The van der Waals surface area contributed by atoms with Crippen molar-refractivity contribution in [1.82, 2.24) is 0 Å². The first kappa shape index (κ1) is 7.61. The summed E-state index contributed by atoms with van der Waals surface area (Å²) in [6, 6.07) is 3.68. The van der Waals surface area contributed by atoms with Crippen molar-refractivity contribution in [3.05, 3.63) is 27.7 Å². The summed E-state index contributed by atoms with van der Waals surface area (Å²) in [5.41, 5.74) is 2.05. The molecule has 0 aliphatic rings. The highest BCUT2D eigenvalue weighted by atomic mass is 79.9. The molecular formula is C8H9BrO.